The third-order valence-corrected chi connectivity index (χ3v) is 4.39. The number of rotatable bonds is 4. The SMILES string of the molecule is NC(=O)c1ccc(-c2cnc3[nH]cc(C(=O)c4cccc(O)c4)c3c2)cc1. The van der Waals surface area contributed by atoms with E-state index < -0.39 is 5.91 Å². The summed E-state index contributed by atoms with van der Waals surface area (Å²) in [4.78, 5) is 31.4. The molecule has 0 aliphatic carbocycles. The molecule has 0 saturated carbocycles. The number of aromatic nitrogens is 2. The van der Waals surface area contributed by atoms with Gasteiger partial charge < -0.3 is 15.8 Å². The first kappa shape index (κ1) is 16.5. The van der Waals surface area contributed by atoms with Crippen molar-refractivity contribution in [3.63, 3.8) is 0 Å². The van der Waals surface area contributed by atoms with E-state index in [1.807, 2.05) is 6.07 Å². The number of hydrogen-bond donors (Lipinski definition) is 3. The lowest BCUT2D eigenvalue weighted by molar-refractivity contribution is 0.0998. The van der Waals surface area contributed by atoms with Crippen LogP contribution in [0.3, 0.4) is 0 Å². The number of pyridine rings is 1. The number of nitrogens with zero attached hydrogens (tertiary/aromatic N) is 1. The van der Waals surface area contributed by atoms with Gasteiger partial charge in [-0.05, 0) is 35.9 Å². The summed E-state index contributed by atoms with van der Waals surface area (Å²) in [5, 5.41) is 10.3. The molecule has 2 heterocycles. The van der Waals surface area contributed by atoms with E-state index in [0.717, 1.165) is 11.1 Å². The smallest absolute Gasteiger partial charge is 0.248 e. The maximum atomic E-state index is 12.8. The van der Waals surface area contributed by atoms with Crippen molar-refractivity contribution in [1.29, 1.82) is 0 Å². The number of nitrogens with two attached hydrogens (primary N) is 1. The highest BCUT2D eigenvalue weighted by molar-refractivity contribution is 6.16. The number of phenols is 1. The second-order valence-electron chi connectivity index (χ2n) is 6.14. The predicted molar refractivity (Wildman–Crippen MR) is 102 cm³/mol. The van der Waals surface area contributed by atoms with Gasteiger partial charge >= 0.3 is 0 Å². The molecule has 6 nitrogen and oxygen atoms in total. The fraction of sp³-hybridized carbons (Fsp3) is 0. The van der Waals surface area contributed by atoms with Crippen molar-refractivity contribution < 1.29 is 14.7 Å². The van der Waals surface area contributed by atoms with Crippen LogP contribution in [0.25, 0.3) is 22.2 Å². The van der Waals surface area contributed by atoms with Gasteiger partial charge in [-0.15, -0.1) is 0 Å². The molecule has 0 bridgehead atoms. The molecule has 1 amide bonds. The molecule has 132 valence electrons. The Morgan fingerprint density at radius 1 is 0.963 bits per heavy atom. The molecule has 0 aliphatic rings. The fourth-order valence-corrected chi connectivity index (χ4v) is 2.98. The number of benzene rings is 2. The molecule has 27 heavy (non-hydrogen) atoms. The highest BCUT2D eigenvalue weighted by atomic mass is 16.3. The second-order valence-corrected chi connectivity index (χ2v) is 6.14. The van der Waals surface area contributed by atoms with Crippen LogP contribution in [0.2, 0.25) is 0 Å². The van der Waals surface area contributed by atoms with E-state index in [1.54, 1.807) is 48.8 Å². The molecule has 4 rings (SSSR count). The first-order valence-electron chi connectivity index (χ1n) is 8.24. The van der Waals surface area contributed by atoms with Crippen molar-refractivity contribution in [2.24, 2.45) is 5.73 Å². The van der Waals surface area contributed by atoms with Crippen LogP contribution < -0.4 is 5.73 Å². The number of aromatic amines is 1. The van der Waals surface area contributed by atoms with Crippen molar-refractivity contribution in [3.05, 3.63) is 83.7 Å². The lowest BCUT2D eigenvalue weighted by atomic mass is 10.0. The minimum Gasteiger partial charge on any atom is -0.508 e. The molecule has 6 heteroatoms. The number of H-pyrrole nitrogens is 1. The van der Waals surface area contributed by atoms with Crippen LogP contribution in [-0.2, 0) is 0 Å². The molecule has 0 radical (unpaired) electrons. The average Bonchev–Trinajstić information content (AvgIpc) is 3.10. The molecule has 0 unspecified atom stereocenters. The van der Waals surface area contributed by atoms with Crippen LogP contribution >= 0.6 is 0 Å². The number of ketones is 1. The zero-order valence-electron chi connectivity index (χ0n) is 14.1. The highest BCUT2D eigenvalue weighted by Gasteiger charge is 2.16. The summed E-state index contributed by atoms with van der Waals surface area (Å²) in [6.45, 7) is 0. The average molecular weight is 357 g/mol. The Morgan fingerprint density at radius 2 is 1.74 bits per heavy atom. The number of hydrogen-bond acceptors (Lipinski definition) is 4. The number of primary amides is 1. The molecule has 0 aliphatic heterocycles. The maximum Gasteiger partial charge on any atom is 0.248 e. The third kappa shape index (κ3) is 3.04. The van der Waals surface area contributed by atoms with E-state index in [1.165, 1.54) is 12.1 Å². The van der Waals surface area contributed by atoms with Crippen molar-refractivity contribution in [3.8, 4) is 16.9 Å². The molecule has 2 aromatic carbocycles. The first-order chi connectivity index (χ1) is 13.0. The van der Waals surface area contributed by atoms with Crippen LogP contribution in [0.5, 0.6) is 5.75 Å². The zero-order chi connectivity index (χ0) is 19.0. The Morgan fingerprint density at radius 3 is 2.44 bits per heavy atom. The van der Waals surface area contributed by atoms with Gasteiger partial charge in [-0.25, -0.2) is 4.98 Å². The minimum atomic E-state index is -0.486. The Bertz CT molecular complexity index is 1180. The van der Waals surface area contributed by atoms with Gasteiger partial charge in [0.1, 0.15) is 11.4 Å². The minimum absolute atomic E-state index is 0.0362. The van der Waals surface area contributed by atoms with Gasteiger partial charge in [0, 0.05) is 40.0 Å². The van der Waals surface area contributed by atoms with Gasteiger partial charge in [-0.2, -0.15) is 0 Å². The third-order valence-electron chi connectivity index (χ3n) is 4.39. The topological polar surface area (TPSA) is 109 Å². The van der Waals surface area contributed by atoms with Gasteiger partial charge in [-0.3, -0.25) is 9.59 Å². The van der Waals surface area contributed by atoms with Gasteiger partial charge in [-0.1, -0.05) is 24.3 Å². The molecular formula is C21H15N3O3. The molecule has 0 atom stereocenters. The van der Waals surface area contributed by atoms with Crippen molar-refractivity contribution in [1.82, 2.24) is 9.97 Å². The summed E-state index contributed by atoms with van der Waals surface area (Å²) in [6, 6.07) is 15.0. The molecule has 0 fully saturated rings. The Balaban J connectivity index is 1.77. The van der Waals surface area contributed by atoms with E-state index >= 15 is 0 Å². The highest BCUT2D eigenvalue weighted by Crippen LogP contribution is 2.27. The van der Waals surface area contributed by atoms with Crippen LogP contribution in [0.15, 0.2) is 67.0 Å². The largest absolute Gasteiger partial charge is 0.508 e. The number of fused-ring (bicyclic) bond motifs is 1. The lowest BCUT2D eigenvalue weighted by Crippen LogP contribution is -2.10. The molecular weight excluding hydrogens is 342 g/mol. The molecule has 0 spiro atoms. The number of carbonyl (C=O) groups is 2. The van der Waals surface area contributed by atoms with Crippen LogP contribution in [0.1, 0.15) is 26.3 Å². The van der Waals surface area contributed by atoms with E-state index in [2.05, 4.69) is 9.97 Å². The number of phenolic OH excluding ortho intramolecular Hbond substituents is 1. The van der Waals surface area contributed by atoms with Gasteiger partial charge in [0.2, 0.25) is 5.91 Å². The van der Waals surface area contributed by atoms with Crippen molar-refractivity contribution in [2.45, 2.75) is 0 Å². The van der Waals surface area contributed by atoms with E-state index in [-0.39, 0.29) is 11.5 Å². The molecule has 4 N–H and O–H groups in total. The molecule has 0 saturated heterocycles. The molecule has 4 aromatic rings. The number of aromatic hydroxyl groups is 1. The normalized spacial score (nSPS) is 10.8. The van der Waals surface area contributed by atoms with Crippen LogP contribution in [-0.4, -0.2) is 26.8 Å². The Hall–Kier alpha value is -3.93. The summed E-state index contributed by atoms with van der Waals surface area (Å²) < 4.78 is 0. The summed E-state index contributed by atoms with van der Waals surface area (Å²) in [5.74, 6) is -0.658. The second kappa shape index (κ2) is 6.42. The van der Waals surface area contributed by atoms with Gasteiger partial charge in [0.15, 0.2) is 5.78 Å². The summed E-state index contributed by atoms with van der Waals surface area (Å²) in [7, 11) is 0. The Labute approximate surface area is 154 Å². The summed E-state index contributed by atoms with van der Waals surface area (Å²) >= 11 is 0. The standard InChI is InChI=1S/C21H15N3O3/c22-20(27)13-6-4-12(5-7-13)15-9-17-18(11-24-21(17)23-10-15)19(26)14-2-1-3-16(25)8-14/h1-11,25H,(H2,22,27)(H,23,24). The predicted octanol–water partition coefficient (Wildman–Crippen LogP) is 3.27. The first-order valence-corrected chi connectivity index (χ1v) is 8.24. The van der Waals surface area contributed by atoms with Crippen LogP contribution in [0, 0.1) is 0 Å². The molecule has 2 aromatic heterocycles. The van der Waals surface area contributed by atoms with E-state index in [9.17, 15) is 14.7 Å². The number of amides is 1. The fourth-order valence-electron chi connectivity index (χ4n) is 2.98. The van der Waals surface area contributed by atoms with Crippen molar-refractivity contribution >= 4 is 22.7 Å². The summed E-state index contributed by atoms with van der Waals surface area (Å²) in [6.07, 6.45) is 3.31. The van der Waals surface area contributed by atoms with Gasteiger partial charge in [0.25, 0.3) is 0 Å². The van der Waals surface area contributed by atoms with E-state index in [4.69, 9.17) is 5.73 Å². The number of carbonyl (C=O) groups excluding carboxylic acids is 2. The zero-order valence-corrected chi connectivity index (χ0v) is 14.1. The summed E-state index contributed by atoms with van der Waals surface area (Å²) in [5.41, 5.74) is 8.82. The lowest BCUT2D eigenvalue weighted by Gasteiger charge is -2.04. The van der Waals surface area contributed by atoms with Crippen molar-refractivity contribution in [2.75, 3.05) is 0 Å². The van der Waals surface area contributed by atoms with Gasteiger partial charge in [0.05, 0.1) is 0 Å². The monoisotopic (exact) mass is 357 g/mol. The Kier molecular flexibility index (Phi) is 3.93. The van der Waals surface area contributed by atoms with Crippen LogP contribution in [0.4, 0.5) is 0 Å². The quantitative estimate of drug-likeness (QED) is 0.487. The maximum absolute atomic E-state index is 12.8. The van der Waals surface area contributed by atoms with E-state index in [0.29, 0.717) is 27.7 Å². The number of nitrogens with one attached hydrogen (secondary N) is 1.